The molecule has 0 aliphatic carbocycles. The molecule has 0 aliphatic rings. The lowest BCUT2D eigenvalue weighted by molar-refractivity contribution is -0.143. The molecule has 0 aliphatic heterocycles. The van der Waals surface area contributed by atoms with Crippen LogP contribution in [0.3, 0.4) is 0 Å². The maximum atomic E-state index is 13.7. The third-order valence-corrected chi connectivity index (χ3v) is 4.24. The van der Waals surface area contributed by atoms with Crippen LogP contribution in [-0.2, 0) is 12.6 Å². The van der Waals surface area contributed by atoms with E-state index in [2.05, 4.69) is 10.4 Å². The summed E-state index contributed by atoms with van der Waals surface area (Å²) in [5.41, 5.74) is -0.0316. The summed E-state index contributed by atoms with van der Waals surface area (Å²) in [5.74, 6) is -0.769. The number of aryl methyl sites for hydroxylation is 1. The number of phenolic OH excluding ortho intramolecular Hbond substituents is 1. The molecule has 3 aromatic rings. The molecule has 0 radical (unpaired) electrons. The maximum absolute atomic E-state index is 13.7. The number of nitrogens with one attached hydrogen (secondary N) is 1. The Morgan fingerprint density at radius 1 is 1.18 bits per heavy atom. The molecule has 0 spiro atoms. The van der Waals surface area contributed by atoms with Gasteiger partial charge in [0.2, 0.25) is 0 Å². The summed E-state index contributed by atoms with van der Waals surface area (Å²) in [5, 5.41) is 15.7. The summed E-state index contributed by atoms with van der Waals surface area (Å²) in [7, 11) is 0. The molecule has 1 amide bonds. The molecule has 28 heavy (non-hydrogen) atoms. The van der Waals surface area contributed by atoms with E-state index in [-0.39, 0.29) is 18.0 Å². The molecule has 0 bridgehead atoms. The van der Waals surface area contributed by atoms with E-state index in [0.29, 0.717) is 12.0 Å². The number of alkyl halides is 3. The van der Waals surface area contributed by atoms with Gasteiger partial charge in [-0.05, 0) is 42.7 Å². The molecule has 0 saturated carbocycles. The van der Waals surface area contributed by atoms with Crippen molar-refractivity contribution in [1.29, 1.82) is 0 Å². The minimum atomic E-state index is -4.75. The normalized spacial score (nSPS) is 11.4. The molecule has 146 valence electrons. The van der Waals surface area contributed by atoms with Gasteiger partial charge >= 0.3 is 6.18 Å². The van der Waals surface area contributed by atoms with Crippen LogP contribution in [0.25, 0.3) is 5.69 Å². The fourth-order valence-corrected chi connectivity index (χ4v) is 2.90. The van der Waals surface area contributed by atoms with Crippen molar-refractivity contribution in [3.8, 4) is 11.4 Å². The van der Waals surface area contributed by atoms with Crippen molar-refractivity contribution in [1.82, 2.24) is 15.1 Å². The molecule has 1 aromatic heterocycles. The Bertz CT molecular complexity index is 996. The number of para-hydroxylation sites is 1. The Morgan fingerprint density at radius 3 is 2.61 bits per heavy atom. The Kier molecular flexibility index (Phi) is 5.39. The Balaban J connectivity index is 1.83. The molecular weight excluding hydrogens is 371 g/mol. The summed E-state index contributed by atoms with van der Waals surface area (Å²) < 4.78 is 41.8. The molecule has 2 aromatic carbocycles. The zero-order chi connectivity index (χ0) is 20.3. The number of rotatable bonds is 5. The van der Waals surface area contributed by atoms with Crippen molar-refractivity contribution >= 4 is 5.91 Å². The highest BCUT2D eigenvalue weighted by atomic mass is 19.4. The number of carbonyl (C=O) groups excluding carboxylic acids is 1. The van der Waals surface area contributed by atoms with Crippen molar-refractivity contribution in [2.45, 2.75) is 19.5 Å². The molecule has 0 atom stereocenters. The van der Waals surface area contributed by atoms with Crippen LogP contribution in [0.1, 0.15) is 27.2 Å². The molecule has 0 fully saturated rings. The van der Waals surface area contributed by atoms with Gasteiger partial charge in [-0.15, -0.1) is 0 Å². The lowest BCUT2D eigenvalue weighted by Crippen LogP contribution is -2.28. The van der Waals surface area contributed by atoms with Gasteiger partial charge in [0.25, 0.3) is 5.91 Å². The minimum absolute atomic E-state index is 0.0858. The highest BCUT2D eigenvalue weighted by Crippen LogP contribution is 2.34. The van der Waals surface area contributed by atoms with E-state index < -0.39 is 23.3 Å². The number of amides is 1. The monoisotopic (exact) mass is 389 g/mol. The topological polar surface area (TPSA) is 67.2 Å². The first-order valence-corrected chi connectivity index (χ1v) is 8.54. The van der Waals surface area contributed by atoms with Crippen LogP contribution in [-0.4, -0.2) is 27.3 Å². The fraction of sp³-hybridized carbons (Fsp3) is 0.200. The average molecular weight is 389 g/mol. The lowest BCUT2D eigenvalue weighted by atomic mass is 10.1. The average Bonchev–Trinajstić information content (AvgIpc) is 3.07. The van der Waals surface area contributed by atoms with Gasteiger partial charge in [0.05, 0.1) is 17.4 Å². The summed E-state index contributed by atoms with van der Waals surface area (Å²) >= 11 is 0. The highest BCUT2D eigenvalue weighted by molar-refractivity contribution is 5.95. The van der Waals surface area contributed by atoms with E-state index >= 15 is 0 Å². The number of aromatic nitrogens is 2. The fourth-order valence-electron chi connectivity index (χ4n) is 2.90. The van der Waals surface area contributed by atoms with Gasteiger partial charge < -0.3 is 10.4 Å². The number of halogens is 3. The maximum Gasteiger partial charge on any atom is 0.434 e. The zero-order valence-electron chi connectivity index (χ0n) is 15.0. The second-order valence-electron chi connectivity index (χ2n) is 6.28. The minimum Gasteiger partial charge on any atom is -0.508 e. The second kappa shape index (κ2) is 7.75. The molecule has 3 rings (SSSR count). The lowest BCUT2D eigenvalue weighted by Gasteiger charge is -2.14. The van der Waals surface area contributed by atoms with E-state index in [4.69, 9.17) is 0 Å². The number of carbonyl (C=O) groups is 1. The van der Waals surface area contributed by atoms with E-state index in [1.54, 1.807) is 37.3 Å². The van der Waals surface area contributed by atoms with Gasteiger partial charge in [0, 0.05) is 6.54 Å². The number of phenols is 1. The summed E-state index contributed by atoms with van der Waals surface area (Å²) in [4.78, 5) is 12.4. The van der Waals surface area contributed by atoms with Crippen LogP contribution < -0.4 is 5.32 Å². The van der Waals surface area contributed by atoms with E-state index in [0.717, 1.165) is 16.4 Å². The molecule has 1 heterocycles. The van der Waals surface area contributed by atoms with Crippen LogP contribution in [0.5, 0.6) is 5.75 Å². The van der Waals surface area contributed by atoms with Crippen molar-refractivity contribution in [3.05, 3.63) is 77.1 Å². The van der Waals surface area contributed by atoms with Gasteiger partial charge in [-0.3, -0.25) is 4.79 Å². The highest BCUT2D eigenvalue weighted by Gasteiger charge is 2.40. The predicted molar refractivity (Wildman–Crippen MR) is 97.4 cm³/mol. The number of nitrogens with zero attached hydrogens (tertiary/aromatic N) is 2. The largest absolute Gasteiger partial charge is 0.508 e. The summed E-state index contributed by atoms with van der Waals surface area (Å²) in [6.45, 7) is 1.79. The zero-order valence-corrected chi connectivity index (χ0v) is 15.0. The van der Waals surface area contributed by atoms with Gasteiger partial charge in [0.1, 0.15) is 5.75 Å². The SMILES string of the molecule is Cc1ccccc1-n1ncc(C(=O)NCCc2cccc(O)c2)c1C(F)(F)F. The summed E-state index contributed by atoms with van der Waals surface area (Å²) in [6.07, 6.45) is -3.46. The van der Waals surface area contributed by atoms with E-state index in [9.17, 15) is 23.1 Å². The van der Waals surface area contributed by atoms with Crippen molar-refractivity contribution in [2.24, 2.45) is 0 Å². The van der Waals surface area contributed by atoms with Crippen LogP contribution >= 0.6 is 0 Å². The third kappa shape index (κ3) is 4.16. The van der Waals surface area contributed by atoms with Gasteiger partial charge in [-0.1, -0.05) is 30.3 Å². The second-order valence-corrected chi connectivity index (χ2v) is 6.28. The van der Waals surface area contributed by atoms with Crippen molar-refractivity contribution in [2.75, 3.05) is 6.54 Å². The summed E-state index contributed by atoms with van der Waals surface area (Å²) in [6, 6.07) is 13.0. The van der Waals surface area contributed by atoms with Crippen molar-refractivity contribution in [3.63, 3.8) is 0 Å². The standard InChI is InChI=1S/C20H18F3N3O2/c1-13-5-2-3-8-17(13)26-18(20(21,22)23)16(12-25-26)19(28)24-10-9-14-6-4-7-15(27)11-14/h2-8,11-12,27H,9-10H2,1H3,(H,24,28). The third-order valence-electron chi connectivity index (χ3n) is 4.24. The van der Waals surface area contributed by atoms with E-state index in [1.165, 1.54) is 18.2 Å². The van der Waals surface area contributed by atoms with Crippen molar-refractivity contribution < 1.29 is 23.1 Å². The first-order valence-electron chi connectivity index (χ1n) is 8.54. The van der Waals surface area contributed by atoms with Crippen LogP contribution in [0.2, 0.25) is 0 Å². The number of benzene rings is 2. The van der Waals surface area contributed by atoms with Crippen LogP contribution in [0, 0.1) is 6.92 Å². The Labute approximate surface area is 159 Å². The molecule has 2 N–H and O–H groups in total. The molecule has 0 unspecified atom stereocenters. The smallest absolute Gasteiger partial charge is 0.434 e. The first-order chi connectivity index (χ1) is 13.3. The van der Waals surface area contributed by atoms with Crippen LogP contribution in [0.15, 0.2) is 54.7 Å². The van der Waals surface area contributed by atoms with Gasteiger partial charge in [0.15, 0.2) is 5.69 Å². The quantitative estimate of drug-likeness (QED) is 0.696. The molecule has 5 nitrogen and oxygen atoms in total. The molecule has 0 saturated heterocycles. The number of aromatic hydroxyl groups is 1. The molecule has 8 heteroatoms. The molecular formula is C20H18F3N3O2. The first kappa shape index (κ1) is 19.5. The van der Waals surface area contributed by atoms with E-state index in [1.807, 2.05) is 0 Å². The van der Waals surface area contributed by atoms with Gasteiger partial charge in [-0.25, -0.2) is 4.68 Å². The van der Waals surface area contributed by atoms with Gasteiger partial charge in [-0.2, -0.15) is 18.3 Å². The number of hydrogen-bond acceptors (Lipinski definition) is 3. The van der Waals surface area contributed by atoms with Crippen LogP contribution in [0.4, 0.5) is 13.2 Å². The Morgan fingerprint density at radius 2 is 1.93 bits per heavy atom. The predicted octanol–water partition coefficient (Wildman–Crippen LogP) is 3.88. The number of hydrogen-bond donors (Lipinski definition) is 2. The Hall–Kier alpha value is -3.29.